The molecule has 2 aromatic carbocycles. The van der Waals surface area contributed by atoms with Gasteiger partial charge in [0.15, 0.2) is 0 Å². The molecule has 0 aromatic heterocycles. The Kier molecular flexibility index (Phi) is 5.71. The van der Waals surface area contributed by atoms with E-state index in [1.54, 1.807) is 48.5 Å². The predicted octanol–water partition coefficient (Wildman–Crippen LogP) is 5.05. The molecule has 130 valence electrons. The smallest absolute Gasteiger partial charge is 0.344 e. The minimum atomic E-state index is -0.635. The van der Waals surface area contributed by atoms with E-state index in [0.29, 0.717) is 5.02 Å². The van der Waals surface area contributed by atoms with E-state index >= 15 is 0 Å². The predicted molar refractivity (Wildman–Crippen MR) is 95.1 cm³/mol. The van der Waals surface area contributed by atoms with Gasteiger partial charge in [0.25, 0.3) is 0 Å². The fourth-order valence-corrected chi connectivity index (χ4v) is 3.09. The van der Waals surface area contributed by atoms with E-state index in [1.807, 2.05) is 0 Å². The number of hydrogen-bond acceptors (Lipinski definition) is 4. The van der Waals surface area contributed by atoms with Crippen LogP contribution in [0.15, 0.2) is 48.5 Å². The number of halogens is 1. The molecule has 0 aliphatic heterocycles. The van der Waals surface area contributed by atoms with Crippen molar-refractivity contribution < 1.29 is 19.1 Å². The second-order valence-electron chi connectivity index (χ2n) is 6.03. The highest BCUT2D eigenvalue weighted by molar-refractivity contribution is 6.32. The molecule has 1 fully saturated rings. The van der Waals surface area contributed by atoms with Crippen molar-refractivity contribution in [2.24, 2.45) is 0 Å². The minimum absolute atomic E-state index is 0.0751. The van der Waals surface area contributed by atoms with Gasteiger partial charge in [-0.1, -0.05) is 42.3 Å². The quantitative estimate of drug-likeness (QED) is 0.567. The molecule has 4 nitrogen and oxygen atoms in total. The van der Waals surface area contributed by atoms with Crippen molar-refractivity contribution in [3.63, 3.8) is 0 Å². The summed E-state index contributed by atoms with van der Waals surface area (Å²) in [5, 5.41) is 0.332. The number of rotatable bonds is 4. The molecule has 0 atom stereocenters. The molecule has 5 heteroatoms. The average molecular weight is 359 g/mol. The lowest BCUT2D eigenvalue weighted by molar-refractivity contribution is 0.0207. The van der Waals surface area contributed by atoms with Gasteiger partial charge >= 0.3 is 11.9 Å². The maximum atomic E-state index is 12.5. The van der Waals surface area contributed by atoms with Crippen LogP contribution in [-0.4, -0.2) is 18.0 Å². The first-order chi connectivity index (χ1) is 12.1. The lowest BCUT2D eigenvalue weighted by Crippen LogP contribution is -2.23. The van der Waals surface area contributed by atoms with Gasteiger partial charge in [-0.3, -0.25) is 0 Å². The number of esters is 2. The van der Waals surface area contributed by atoms with Crippen LogP contribution < -0.4 is 4.74 Å². The van der Waals surface area contributed by atoms with E-state index in [2.05, 4.69) is 0 Å². The van der Waals surface area contributed by atoms with Crippen molar-refractivity contribution in [2.75, 3.05) is 0 Å². The Labute approximate surface area is 151 Å². The topological polar surface area (TPSA) is 52.6 Å². The summed E-state index contributed by atoms with van der Waals surface area (Å²) in [5.41, 5.74) is 0.383. The molecule has 0 N–H and O–H groups in total. The molecule has 2 aromatic rings. The van der Waals surface area contributed by atoms with Crippen LogP contribution in [0.3, 0.4) is 0 Å². The van der Waals surface area contributed by atoms with Crippen LogP contribution in [-0.2, 0) is 4.74 Å². The molecular weight excluding hydrogens is 340 g/mol. The zero-order chi connectivity index (χ0) is 17.6. The van der Waals surface area contributed by atoms with Gasteiger partial charge in [0.1, 0.15) is 11.9 Å². The van der Waals surface area contributed by atoms with Gasteiger partial charge in [-0.05, 0) is 49.9 Å². The van der Waals surface area contributed by atoms with Crippen LogP contribution in [0.4, 0.5) is 0 Å². The molecule has 25 heavy (non-hydrogen) atoms. The molecule has 0 bridgehead atoms. The van der Waals surface area contributed by atoms with E-state index < -0.39 is 11.9 Å². The highest BCUT2D eigenvalue weighted by atomic mass is 35.5. The highest BCUT2D eigenvalue weighted by Gasteiger charge is 2.23. The number of benzene rings is 2. The summed E-state index contributed by atoms with van der Waals surface area (Å²) in [6, 6.07) is 13.2. The Balaban J connectivity index is 1.76. The Hall–Kier alpha value is -2.33. The van der Waals surface area contributed by atoms with Gasteiger partial charge < -0.3 is 9.47 Å². The Morgan fingerprint density at radius 2 is 1.44 bits per heavy atom. The van der Waals surface area contributed by atoms with Crippen LogP contribution >= 0.6 is 11.6 Å². The second kappa shape index (κ2) is 8.17. The SMILES string of the molecule is O=C(Oc1ccccc1Cl)c1ccccc1C(=O)OC1CCCCC1. The van der Waals surface area contributed by atoms with Crippen LogP contribution in [0.2, 0.25) is 5.02 Å². The third-order valence-corrected chi connectivity index (χ3v) is 4.54. The van der Waals surface area contributed by atoms with Crippen molar-refractivity contribution in [2.45, 2.75) is 38.2 Å². The highest BCUT2D eigenvalue weighted by Crippen LogP contribution is 2.26. The molecule has 0 saturated heterocycles. The number of hydrogen-bond donors (Lipinski definition) is 0. The van der Waals surface area contributed by atoms with Crippen LogP contribution in [0.1, 0.15) is 52.8 Å². The summed E-state index contributed by atoms with van der Waals surface area (Å²) in [6.45, 7) is 0. The van der Waals surface area contributed by atoms with Gasteiger partial charge in [0.2, 0.25) is 0 Å². The standard InChI is InChI=1S/C20H19ClO4/c21-17-12-6-7-13-18(17)25-20(23)16-11-5-4-10-15(16)19(22)24-14-8-2-1-3-9-14/h4-7,10-14H,1-3,8-9H2. The van der Waals surface area contributed by atoms with E-state index in [9.17, 15) is 9.59 Å². The molecule has 1 aliphatic carbocycles. The van der Waals surface area contributed by atoms with Crippen LogP contribution in [0.5, 0.6) is 5.75 Å². The Bertz CT molecular complexity index is 766. The van der Waals surface area contributed by atoms with E-state index in [1.165, 1.54) is 6.42 Å². The normalized spacial score (nSPS) is 14.8. The fraction of sp³-hybridized carbons (Fsp3) is 0.300. The van der Waals surface area contributed by atoms with Crippen molar-refractivity contribution in [3.05, 3.63) is 64.7 Å². The monoisotopic (exact) mass is 358 g/mol. The molecule has 0 heterocycles. The Morgan fingerprint density at radius 1 is 0.840 bits per heavy atom. The summed E-state index contributed by atoms with van der Waals surface area (Å²) in [6.07, 6.45) is 4.97. The second-order valence-corrected chi connectivity index (χ2v) is 6.44. The number of carbonyl (C=O) groups excluding carboxylic acids is 2. The molecule has 1 aliphatic rings. The first-order valence-corrected chi connectivity index (χ1v) is 8.79. The first-order valence-electron chi connectivity index (χ1n) is 8.42. The maximum Gasteiger partial charge on any atom is 0.344 e. The Morgan fingerprint density at radius 3 is 2.12 bits per heavy atom. The fourth-order valence-electron chi connectivity index (χ4n) is 2.92. The van der Waals surface area contributed by atoms with Gasteiger partial charge in [0, 0.05) is 0 Å². The first kappa shape index (κ1) is 17.5. The van der Waals surface area contributed by atoms with Crippen molar-refractivity contribution in [1.29, 1.82) is 0 Å². The van der Waals surface area contributed by atoms with E-state index in [-0.39, 0.29) is 23.0 Å². The minimum Gasteiger partial charge on any atom is -0.459 e. The van der Waals surface area contributed by atoms with Crippen molar-refractivity contribution >= 4 is 23.5 Å². The van der Waals surface area contributed by atoms with Crippen molar-refractivity contribution in [1.82, 2.24) is 0 Å². The van der Waals surface area contributed by atoms with Crippen LogP contribution in [0, 0.1) is 0 Å². The average Bonchev–Trinajstić information content (AvgIpc) is 2.64. The molecular formula is C20H19ClO4. The third-order valence-electron chi connectivity index (χ3n) is 4.23. The van der Waals surface area contributed by atoms with Crippen molar-refractivity contribution in [3.8, 4) is 5.75 Å². The molecule has 1 saturated carbocycles. The number of para-hydroxylation sites is 1. The lowest BCUT2D eigenvalue weighted by Gasteiger charge is -2.22. The molecule has 0 spiro atoms. The van der Waals surface area contributed by atoms with Gasteiger partial charge in [-0.25, -0.2) is 9.59 Å². The largest absolute Gasteiger partial charge is 0.459 e. The summed E-state index contributed by atoms with van der Waals surface area (Å²) < 4.78 is 10.9. The maximum absolute atomic E-state index is 12.5. The van der Waals surface area contributed by atoms with Gasteiger partial charge in [0.05, 0.1) is 16.1 Å². The molecule has 0 radical (unpaired) electrons. The zero-order valence-electron chi connectivity index (χ0n) is 13.7. The summed E-state index contributed by atoms with van der Waals surface area (Å²) in [7, 11) is 0. The van der Waals surface area contributed by atoms with Crippen LogP contribution in [0.25, 0.3) is 0 Å². The third kappa shape index (κ3) is 4.40. The number of carbonyl (C=O) groups is 2. The number of ether oxygens (including phenoxy) is 2. The molecule has 0 amide bonds. The van der Waals surface area contributed by atoms with E-state index in [0.717, 1.165) is 25.7 Å². The van der Waals surface area contributed by atoms with Gasteiger partial charge in [-0.15, -0.1) is 0 Å². The van der Waals surface area contributed by atoms with E-state index in [4.69, 9.17) is 21.1 Å². The summed E-state index contributed by atoms with van der Waals surface area (Å²) in [5.74, 6) is -0.868. The van der Waals surface area contributed by atoms with Gasteiger partial charge in [-0.2, -0.15) is 0 Å². The lowest BCUT2D eigenvalue weighted by atomic mass is 9.97. The molecule has 0 unspecified atom stereocenters. The summed E-state index contributed by atoms with van der Waals surface area (Å²) >= 11 is 6.02. The summed E-state index contributed by atoms with van der Waals surface area (Å²) in [4.78, 5) is 25.0. The zero-order valence-corrected chi connectivity index (χ0v) is 14.5. The molecule has 3 rings (SSSR count).